The van der Waals surface area contributed by atoms with Crippen LogP contribution in [0.4, 0.5) is 0 Å². The molecule has 2 atom stereocenters. The number of hydrogen-bond acceptors (Lipinski definition) is 2. The van der Waals surface area contributed by atoms with Crippen LogP contribution in [0, 0.1) is 11.3 Å². The fourth-order valence-electron chi connectivity index (χ4n) is 2.42. The van der Waals surface area contributed by atoms with Crippen molar-refractivity contribution in [2.75, 3.05) is 0 Å². The molecule has 2 aromatic rings. The van der Waals surface area contributed by atoms with Crippen LogP contribution in [0.25, 0.3) is 0 Å². The van der Waals surface area contributed by atoms with Gasteiger partial charge in [0.2, 0.25) is 0 Å². The van der Waals surface area contributed by atoms with Crippen molar-refractivity contribution in [1.29, 1.82) is 5.26 Å². The fraction of sp³-hybridized carbons (Fsp3) is 0.278. The maximum Gasteiger partial charge on any atom is 0.0991 e. The highest BCUT2D eigenvalue weighted by Crippen LogP contribution is 2.19. The Morgan fingerprint density at radius 3 is 2.38 bits per heavy atom. The second kappa shape index (κ2) is 7.26. The van der Waals surface area contributed by atoms with E-state index in [1.54, 1.807) is 0 Å². The summed E-state index contributed by atoms with van der Waals surface area (Å²) in [5.41, 5.74) is 3.03. The van der Waals surface area contributed by atoms with Crippen LogP contribution in [0.2, 0.25) is 5.02 Å². The summed E-state index contributed by atoms with van der Waals surface area (Å²) in [4.78, 5) is 0. The van der Waals surface area contributed by atoms with E-state index in [4.69, 9.17) is 16.9 Å². The summed E-state index contributed by atoms with van der Waals surface area (Å²) in [7, 11) is 0. The summed E-state index contributed by atoms with van der Waals surface area (Å²) in [6.45, 7) is 4.29. The first-order chi connectivity index (χ1) is 10.1. The standard InChI is InChI=1S/C18H19ClN2/c1-13(11-17-5-3-4-6-18(17)19)21-14(2)16-9-7-15(12-20)8-10-16/h3-10,13-14,21H,11H2,1-2H3. The van der Waals surface area contributed by atoms with Gasteiger partial charge in [-0.2, -0.15) is 5.26 Å². The largest absolute Gasteiger partial charge is 0.307 e. The molecular formula is C18H19ClN2. The summed E-state index contributed by atoms with van der Waals surface area (Å²) in [6, 6.07) is 18.3. The van der Waals surface area contributed by atoms with Crippen LogP contribution in [0.5, 0.6) is 0 Å². The third kappa shape index (κ3) is 4.32. The van der Waals surface area contributed by atoms with Crippen LogP contribution in [0.15, 0.2) is 48.5 Å². The number of nitrogens with one attached hydrogen (secondary N) is 1. The first-order valence-corrected chi connectivity index (χ1v) is 7.47. The molecule has 0 aliphatic rings. The molecule has 0 saturated heterocycles. The van der Waals surface area contributed by atoms with Crippen molar-refractivity contribution in [2.24, 2.45) is 0 Å². The van der Waals surface area contributed by atoms with Crippen molar-refractivity contribution >= 4 is 11.6 Å². The van der Waals surface area contributed by atoms with E-state index in [-0.39, 0.29) is 6.04 Å². The Morgan fingerprint density at radius 2 is 1.76 bits per heavy atom. The second-order valence-electron chi connectivity index (χ2n) is 5.32. The molecule has 0 amide bonds. The third-order valence-corrected chi connectivity index (χ3v) is 3.93. The Hall–Kier alpha value is -1.82. The molecule has 0 bridgehead atoms. The van der Waals surface area contributed by atoms with E-state index in [2.05, 4.69) is 31.3 Å². The molecule has 2 unspecified atom stereocenters. The van der Waals surface area contributed by atoms with Crippen LogP contribution in [0.1, 0.15) is 36.6 Å². The predicted octanol–water partition coefficient (Wildman–Crippen LogP) is 4.49. The van der Waals surface area contributed by atoms with E-state index < -0.39 is 0 Å². The molecule has 0 fully saturated rings. The van der Waals surface area contributed by atoms with Gasteiger partial charge in [-0.15, -0.1) is 0 Å². The molecule has 0 radical (unpaired) electrons. The van der Waals surface area contributed by atoms with Gasteiger partial charge in [0.1, 0.15) is 0 Å². The van der Waals surface area contributed by atoms with Crippen molar-refractivity contribution in [3.63, 3.8) is 0 Å². The Morgan fingerprint density at radius 1 is 1.10 bits per heavy atom. The molecule has 2 nitrogen and oxygen atoms in total. The monoisotopic (exact) mass is 298 g/mol. The highest BCUT2D eigenvalue weighted by atomic mass is 35.5. The van der Waals surface area contributed by atoms with E-state index in [9.17, 15) is 0 Å². The summed E-state index contributed by atoms with van der Waals surface area (Å²) in [5.74, 6) is 0. The van der Waals surface area contributed by atoms with Crippen LogP contribution in [-0.2, 0) is 6.42 Å². The Kier molecular flexibility index (Phi) is 5.38. The molecule has 21 heavy (non-hydrogen) atoms. The van der Waals surface area contributed by atoms with Crippen LogP contribution >= 0.6 is 11.6 Å². The third-order valence-electron chi connectivity index (χ3n) is 3.56. The lowest BCUT2D eigenvalue weighted by Crippen LogP contribution is -2.30. The number of benzene rings is 2. The quantitative estimate of drug-likeness (QED) is 0.882. The maximum atomic E-state index is 8.82. The van der Waals surface area contributed by atoms with Gasteiger partial charge in [-0.25, -0.2) is 0 Å². The molecule has 0 aliphatic heterocycles. The van der Waals surface area contributed by atoms with Gasteiger partial charge >= 0.3 is 0 Å². The van der Waals surface area contributed by atoms with E-state index in [0.29, 0.717) is 11.6 Å². The number of halogens is 1. The molecule has 0 spiro atoms. The minimum absolute atomic E-state index is 0.232. The van der Waals surface area contributed by atoms with Crippen LogP contribution in [-0.4, -0.2) is 6.04 Å². The normalized spacial score (nSPS) is 13.4. The van der Waals surface area contributed by atoms with Gasteiger partial charge < -0.3 is 5.32 Å². The Bertz CT molecular complexity index is 628. The number of rotatable bonds is 5. The van der Waals surface area contributed by atoms with Crippen molar-refractivity contribution < 1.29 is 0 Å². The number of nitriles is 1. The smallest absolute Gasteiger partial charge is 0.0991 e. The summed E-state index contributed by atoms with van der Waals surface area (Å²) in [6.07, 6.45) is 0.889. The minimum atomic E-state index is 0.232. The van der Waals surface area contributed by atoms with Crippen LogP contribution in [0.3, 0.4) is 0 Å². The lowest BCUT2D eigenvalue weighted by Gasteiger charge is -2.21. The SMILES string of the molecule is CC(Cc1ccccc1Cl)NC(C)c1ccc(C#N)cc1. The molecule has 0 saturated carbocycles. The molecule has 2 rings (SSSR count). The summed E-state index contributed by atoms with van der Waals surface area (Å²) < 4.78 is 0. The summed E-state index contributed by atoms with van der Waals surface area (Å²) in [5, 5.41) is 13.2. The maximum absolute atomic E-state index is 8.82. The van der Waals surface area contributed by atoms with E-state index in [0.717, 1.165) is 17.0 Å². The Labute approximate surface area is 131 Å². The van der Waals surface area contributed by atoms with Crippen molar-refractivity contribution in [2.45, 2.75) is 32.4 Å². The van der Waals surface area contributed by atoms with Gasteiger partial charge in [-0.3, -0.25) is 0 Å². The topological polar surface area (TPSA) is 35.8 Å². The predicted molar refractivity (Wildman–Crippen MR) is 87.3 cm³/mol. The van der Waals surface area contributed by atoms with E-state index in [1.165, 1.54) is 5.56 Å². The molecule has 0 aliphatic carbocycles. The van der Waals surface area contributed by atoms with Gasteiger partial charge in [0.25, 0.3) is 0 Å². The zero-order valence-electron chi connectivity index (χ0n) is 12.3. The molecule has 0 heterocycles. The Balaban J connectivity index is 1.97. The van der Waals surface area contributed by atoms with E-state index in [1.807, 2.05) is 42.5 Å². The fourth-order valence-corrected chi connectivity index (χ4v) is 2.63. The lowest BCUT2D eigenvalue weighted by atomic mass is 10.0. The van der Waals surface area contributed by atoms with E-state index >= 15 is 0 Å². The first kappa shape index (κ1) is 15.6. The highest BCUT2D eigenvalue weighted by Gasteiger charge is 2.11. The lowest BCUT2D eigenvalue weighted by molar-refractivity contribution is 0.477. The van der Waals surface area contributed by atoms with Gasteiger partial charge in [-0.05, 0) is 49.6 Å². The molecule has 1 N–H and O–H groups in total. The molecular weight excluding hydrogens is 280 g/mol. The minimum Gasteiger partial charge on any atom is -0.307 e. The van der Waals surface area contributed by atoms with Gasteiger partial charge in [-0.1, -0.05) is 41.9 Å². The van der Waals surface area contributed by atoms with Crippen molar-refractivity contribution in [3.05, 3.63) is 70.2 Å². The average molecular weight is 299 g/mol. The zero-order valence-corrected chi connectivity index (χ0v) is 13.1. The molecule has 3 heteroatoms. The van der Waals surface area contributed by atoms with Gasteiger partial charge in [0.15, 0.2) is 0 Å². The molecule has 2 aromatic carbocycles. The van der Waals surface area contributed by atoms with Gasteiger partial charge in [0, 0.05) is 17.1 Å². The highest BCUT2D eigenvalue weighted by molar-refractivity contribution is 6.31. The first-order valence-electron chi connectivity index (χ1n) is 7.09. The second-order valence-corrected chi connectivity index (χ2v) is 5.73. The molecule has 0 aromatic heterocycles. The summed E-state index contributed by atoms with van der Waals surface area (Å²) >= 11 is 6.20. The molecule has 108 valence electrons. The van der Waals surface area contributed by atoms with Gasteiger partial charge in [0.05, 0.1) is 11.6 Å². The number of nitrogens with zero attached hydrogens (tertiary/aromatic N) is 1. The van der Waals surface area contributed by atoms with Crippen molar-refractivity contribution in [3.8, 4) is 6.07 Å². The number of hydrogen-bond donors (Lipinski definition) is 1. The average Bonchev–Trinajstić information content (AvgIpc) is 2.49. The zero-order chi connectivity index (χ0) is 15.2. The van der Waals surface area contributed by atoms with Crippen LogP contribution < -0.4 is 5.32 Å². The van der Waals surface area contributed by atoms with Crippen molar-refractivity contribution in [1.82, 2.24) is 5.32 Å².